The van der Waals surface area contributed by atoms with Crippen molar-refractivity contribution in [2.24, 2.45) is 7.05 Å². The Labute approximate surface area is 178 Å². The van der Waals surface area contributed by atoms with Gasteiger partial charge in [-0.15, -0.1) is 0 Å². The van der Waals surface area contributed by atoms with Gasteiger partial charge in [0.1, 0.15) is 5.82 Å². The molecule has 1 aliphatic heterocycles. The van der Waals surface area contributed by atoms with Crippen LogP contribution in [0.2, 0.25) is 0 Å². The number of amides is 1. The molecule has 0 radical (unpaired) electrons. The van der Waals surface area contributed by atoms with E-state index in [1.54, 1.807) is 12.1 Å². The minimum atomic E-state index is -0.329. The van der Waals surface area contributed by atoms with Crippen molar-refractivity contribution in [1.29, 1.82) is 0 Å². The Bertz CT molecular complexity index is 1280. The topological polar surface area (TPSA) is 77.1 Å². The fourth-order valence-electron chi connectivity index (χ4n) is 3.96. The third kappa shape index (κ3) is 3.39. The van der Waals surface area contributed by atoms with Gasteiger partial charge in [-0.25, -0.2) is 4.39 Å². The number of hydrogen-bond acceptors (Lipinski definition) is 5. The zero-order chi connectivity index (χ0) is 21.5. The van der Waals surface area contributed by atoms with Crippen LogP contribution in [0.5, 0.6) is 0 Å². The van der Waals surface area contributed by atoms with Crippen LogP contribution in [0.1, 0.15) is 27.2 Å². The molecule has 2 aromatic carbocycles. The molecule has 0 saturated heterocycles. The van der Waals surface area contributed by atoms with E-state index >= 15 is 0 Å². The summed E-state index contributed by atoms with van der Waals surface area (Å²) in [5.74, 6) is 0.306. The number of rotatable bonds is 3. The molecule has 3 heterocycles. The van der Waals surface area contributed by atoms with Gasteiger partial charge in [0, 0.05) is 42.4 Å². The molecule has 5 rings (SSSR count). The molecule has 0 aliphatic carbocycles. The first-order valence-corrected chi connectivity index (χ1v) is 10.0. The molecule has 0 fully saturated rings. The maximum atomic E-state index is 13.2. The van der Waals surface area contributed by atoms with Crippen LogP contribution in [0.15, 0.2) is 53.1 Å². The van der Waals surface area contributed by atoms with Crippen molar-refractivity contribution in [1.82, 2.24) is 24.8 Å². The predicted molar refractivity (Wildman–Crippen MR) is 112 cm³/mol. The summed E-state index contributed by atoms with van der Waals surface area (Å²) >= 11 is 0. The highest BCUT2D eigenvalue weighted by Crippen LogP contribution is 2.31. The Morgan fingerprint density at radius 1 is 1.13 bits per heavy atom. The highest BCUT2D eigenvalue weighted by molar-refractivity contribution is 5.95. The van der Waals surface area contributed by atoms with Crippen LogP contribution >= 0.6 is 0 Å². The third-order valence-corrected chi connectivity index (χ3v) is 5.64. The predicted octanol–water partition coefficient (Wildman–Crippen LogP) is 3.78. The lowest BCUT2D eigenvalue weighted by atomic mass is 10.0. The van der Waals surface area contributed by atoms with E-state index in [2.05, 4.69) is 15.2 Å². The zero-order valence-corrected chi connectivity index (χ0v) is 17.2. The number of carbonyl (C=O) groups is 1. The fourth-order valence-corrected chi connectivity index (χ4v) is 3.96. The monoisotopic (exact) mass is 417 g/mol. The molecule has 7 nitrogen and oxygen atoms in total. The Morgan fingerprint density at radius 2 is 1.90 bits per heavy atom. The second-order valence-electron chi connectivity index (χ2n) is 7.62. The molecule has 0 atom stereocenters. The summed E-state index contributed by atoms with van der Waals surface area (Å²) in [4.78, 5) is 19.4. The molecule has 0 saturated carbocycles. The summed E-state index contributed by atoms with van der Waals surface area (Å²) in [6, 6.07) is 13.5. The lowest BCUT2D eigenvalue weighted by Crippen LogP contribution is -2.36. The number of aryl methyl sites for hydroxylation is 2. The Morgan fingerprint density at radius 3 is 2.68 bits per heavy atom. The van der Waals surface area contributed by atoms with E-state index in [0.29, 0.717) is 42.2 Å². The molecule has 0 N–H and O–H groups in total. The first-order chi connectivity index (χ1) is 15.0. The van der Waals surface area contributed by atoms with E-state index in [-0.39, 0.29) is 17.6 Å². The number of benzene rings is 2. The standard InChI is InChI=1S/C23H20FN5O2/c1-14-5-3-4-6-17(14)23(30)29-12-11-19-18(13-29)20(26-28(19)2)22-25-21(27-31-22)15-7-9-16(24)10-8-15/h3-10H,11-13H2,1-2H3. The van der Waals surface area contributed by atoms with Crippen molar-refractivity contribution in [2.75, 3.05) is 6.54 Å². The summed E-state index contributed by atoms with van der Waals surface area (Å²) < 4.78 is 20.5. The summed E-state index contributed by atoms with van der Waals surface area (Å²) in [7, 11) is 1.87. The van der Waals surface area contributed by atoms with E-state index in [9.17, 15) is 9.18 Å². The van der Waals surface area contributed by atoms with Crippen LogP contribution in [0.25, 0.3) is 23.0 Å². The first-order valence-electron chi connectivity index (χ1n) is 10.0. The van der Waals surface area contributed by atoms with Gasteiger partial charge in [0.25, 0.3) is 11.8 Å². The van der Waals surface area contributed by atoms with E-state index < -0.39 is 0 Å². The minimum Gasteiger partial charge on any atom is -0.334 e. The molecule has 4 aromatic rings. The summed E-state index contributed by atoms with van der Waals surface area (Å²) in [5, 5.41) is 8.62. The number of carbonyl (C=O) groups excluding carboxylic acids is 1. The average Bonchev–Trinajstić information content (AvgIpc) is 3.39. The van der Waals surface area contributed by atoms with Gasteiger partial charge in [-0.1, -0.05) is 23.4 Å². The molecule has 0 unspecified atom stereocenters. The highest BCUT2D eigenvalue weighted by Gasteiger charge is 2.30. The molecule has 156 valence electrons. The number of fused-ring (bicyclic) bond motifs is 1. The fraction of sp³-hybridized carbons (Fsp3) is 0.217. The Kier molecular flexibility index (Phi) is 4.62. The van der Waals surface area contributed by atoms with Crippen molar-refractivity contribution in [3.63, 3.8) is 0 Å². The zero-order valence-electron chi connectivity index (χ0n) is 17.2. The van der Waals surface area contributed by atoms with Gasteiger partial charge in [-0.3, -0.25) is 9.48 Å². The summed E-state index contributed by atoms with van der Waals surface area (Å²) in [6.45, 7) is 2.97. The van der Waals surface area contributed by atoms with Gasteiger partial charge < -0.3 is 9.42 Å². The minimum absolute atomic E-state index is 0.00363. The second kappa shape index (κ2) is 7.46. The molecule has 1 aliphatic rings. The van der Waals surface area contributed by atoms with Crippen LogP contribution < -0.4 is 0 Å². The van der Waals surface area contributed by atoms with Crippen molar-refractivity contribution in [3.8, 4) is 23.0 Å². The summed E-state index contributed by atoms with van der Waals surface area (Å²) in [6.07, 6.45) is 0.690. The van der Waals surface area contributed by atoms with Crippen LogP contribution in [0.4, 0.5) is 4.39 Å². The first kappa shape index (κ1) is 19.2. The van der Waals surface area contributed by atoms with Gasteiger partial charge >= 0.3 is 0 Å². The van der Waals surface area contributed by atoms with Gasteiger partial charge in [0.2, 0.25) is 5.82 Å². The van der Waals surface area contributed by atoms with Gasteiger partial charge in [0.05, 0.1) is 6.54 Å². The number of nitrogens with zero attached hydrogens (tertiary/aromatic N) is 5. The molecule has 0 bridgehead atoms. The van der Waals surface area contributed by atoms with Crippen molar-refractivity contribution >= 4 is 5.91 Å². The van der Waals surface area contributed by atoms with Crippen LogP contribution in [-0.4, -0.2) is 37.3 Å². The lowest BCUT2D eigenvalue weighted by Gasteiger charge is -2.28. The molecule has 8 heteroatoms. The highest BCUT2D eigenvalue weighted by atomic mass is 19.1. The van der Waals surface area contributed by atoms with Crippen LogP contribution in [0, 0.1) is 12.7 Å². The van der Waals surface area contributed by atoms with Crippen molar-refractivity contribution < 1.29 is 13.7 Å². The molecule has 31 heavy (non-hydrogen) atoms. The van der Waals surface area contributed by atoms with Crippen molar-refractivity contribution in [2.45, 2.75) is 19.9 Å². The number of halogens is 1. The van der Waals surface area contributed by atoms with E-state index in [0.717, 1.165) is 16.8 Å². The molecule has 0 spiro atoms. The van der Waals surface area contributed by atoms with Crippen molar-refractivity contribution in [3.05, 3.63) is 76.7 Å². The lowest BCUT2D eigenvalue weighted by molar-refractivity contribution is 0.0733. The van der Waals surface area contributed by atoms with Gasteiger partial charge in [0.15, 0.2) is 5.69 Å². The quantitative estimate of drug-likeness (QED) is 0.507. The van der Waals surface area contributed by atoms with E-state index in [4.69, 9.17) is 4.52 Å². The molecular weight excluding hydrogens is 397 g/mol. The van der Waals surface area contributed by atoms with Crippen LogP contribution in [-0.2, 0) is 20.0 Å². The van der Waals surface area contributed by atoms with Gasteiger partial charge in [-0.05, 0) is 42.8 Å². The largest absolute Gasteiger partial charge is 0.334 e. The molecule has 1 amide bonds. The maximum Gasteiger partial charge on any atom is 0.279 e. The number of aromatic nitrogens is 4. The normalized spacial score (nSPS) is 13.3. The molecular formula is C23H20FN5O2. The average molecular weight is 417 g/mol. The van der Waals surface area contributed by atoms with E-state index in [1.165, 1.54) is 12.1 Å². The number of hydrogen-bond donors (Lipinski definition) is 0. The Balaban J connectivity index is 1.47. The van der Waals surface area contributed by atoms with Crippen LogP contribution in [0.3, 0.4) is 0 Å². The maximum absolute atomic E-state index is 13.2. The van der Waals surface area contributed by atoms with E-state index in [1.807, 2.05) is 47.8 Å². The molecule has 2 aromatic heterocycles. The summed E-state index contributed by atoms with van der Waals surface area (Å²) in [5.41, 5.74) is 4.83. The SMILES string of the molecule is Cc1ccccc1C(=O)N1CCc2c(c(-c3nc(-c4ccc(F)cc4)no3)nn2C)C1. The van der Waals surface area contributed by atoms with Gasteiger partial charge in [-0.2, -0.15) is 10.1 Å². The second-order valence-corrected chi connectivity index (χ2v) is 7.62. The third-order valence-electron chi connectivity index (χ3n) is 5.64. The smallest absolute Gasteiger partial charge is 0.279 e. The Hall–Kier alpha value is -3.81.